The van der Waals surface area contributed by atoms with E-state index in [0.29, 0.717) is 25.3 Å². The van der Waals surface area contributed by atoms with E-state index in [1.165, 1.54) is 5.56 Å². The molecule has 7 nitrogen and oxygen atoms in total. The molecular weight excluding hydrogens is 378 g/mol. The van der Waals surface area contributed by atoms with Gasteiger partial charge in [0.1, 0.15) is 5.82 Å². The van der Waals surface area contributed by atoms with Gasteiger partial charge in [-0.25, -0.2) is 9.97 Å². The molecule has 2 aliphatic rings. The van der Waals surface area contributed by atoms with Crippen molar-refractivity contribution in [3.63, 3.8) is 0 Å². The molecular formula is C23H29N5O2. The average molecular weight is 408 g/mol. The summed E-state index contributed by atoms with van der Waals surface area (Å²) in [7, 11) is 1.86. The fraction of sp³-hybridized carbons (Fsp3) is 0.478. The standard InChI is InChI=1S/C23H29N5O2/c1-16(29)27-14-12-18-19(15-27)25-23(26-22(18)24-2)20-9-6-13-28(20)21(30)11-10-17-7-4-3-5-8-17/h3-5,7-8,20H,6,9-15H2,1-2H3,(H,24,25,26). The summed E-state index contributed by atoms with van der Waals surface area (Å²) in [4.78, 5) is 38.2. The highest BCUT2D eigenvalue weighted by Crippen LogP contribution is 2.33. The lowest BCUT2D eigenvalue weighted by Gasteiger charge is -2.30. The van der Waals surface area contributed by atoms with E-state index in [-0.39, 0.29) is 17.9 Å². The summed E-state index contributed by atoms with van der Waals surface area (Å²) in [6, 6.07) is 10.0. The fourth-order valence-corrected chi connectivity index (χ4v) is 4.45. The van der Waals surface area contributed by atoms with Crippen molar-refractivity contribution in [2.45, 2.75) is 51.6 Å². The van der Waals surface area contributed by atoms with Gasteiger partial charge in [0, 0.05) is 39.0 Å². The first-order valence-electron chi connectivity index (χ1n) is 10.7. The second-order valence-electron chi connectivity index (χ2n) is 8.03. The Morgan fingerprint density at radius 3 is 2.70 bits per heavy atom. The van der Waals surface area contributed by atoms with Crippen molar-refractivity contribution in [3.05, 3.63) is 53.0 Å². The van der Waals surface area contributed by atoms with Crippen LogP contribution in [0.1, 0.15) is 54.9 Å². The number of anilines is 1. The molecule has 2 aliphatic heterocycles. The van der Waals surface area contributed by atoms with Crippen LogP contribution >= 0.6 is 0 Å². The van der Waals surface area contributed by atoms with Gasteiger partial charge < -0.3 is 15.1 Å². The van der Waals surface area contributed by atoms with Gasteiger partial charge in [-0.1, -0.05) is 30.3 Å². The van der Waals surface area contributed by atoms with Crippen LogP contribution in [0.4, 0.5) is 5.82 Å². The van der Waals surface area contributed by atoms with Crippen molar-refractivity contribution in [1.82, 2.24) is 19.8 Å². The zero-order valence-corrected chi connectivity index (χ0v) is 17.7. The second-order valence-corrected chi connectivity index (χ2v) is 8.03. The molecule has 1 saturated heterocycles. The van der Waals surface area contributed by atoms with E-state index >= 15 is 0 Å². The number of fused-ring (bicyclic) bond motifs is 1. The summed E-state index contributed by atoms with van der Waals surface area (Å²) in [5.74, 6) is 1.72. The van der Waals surface area contributed by atoms with Crippen LogP contribution in [0.5, 0.6) is 0 Å². The molecule has 2 aromatic rings. The fourth-order valence-electron chi connectivity index (χ4n) is 4.45. The number of likely N-dealkylation sites (tertiary alicyclic amines) is 1. The lowest BCUT2D eigenvalue weighted by atomic mass is 10.0. The van der Waals surface area contributed by atoms with Crippen molar-refractivity contribution in [2.24, 2.45) is 0 Å². The minimum Gasteiger partial charge on any atom is -0.373 e. The van der Waals surface area contributed by atoms with E-state index in [2.05, 4.69) is 17.4 Å². The molecule has 3 heterocycles. The van der Waals surface area contributed by atoms with Crippen LogP contribution in [-0.4, -0.2) is 51.7 Å². The van der Waals surface area contributed by atoms with Crippen molar-refractivity contribution in [1.29, 1.82) is 0 Å². The summed E-state index contributed by atoms with van der Waals surface area (Å²) >= 11 is 0. The smallest absolute Gasteiger partial charge is 0.223 e. The average Bonchev–Trinajstić information content (AvgIpc) is 3.27. The molecule has 0 spiro atoms. The molecule has 1 unspecified atom stereocenters. The third-order valence-corrected chi connectivity index (χ3v) is 6.11. The maximum atomic E-state index is 13.0. The number of carbonyl (C=O) groups is 2. The lowest BCUT2D eigenvalue weighted by Crippen LogP contribution is -2.36. The largest absolute Gasteiger partial charge is 0.373 e. The first-order chi connectivity index (χ1) is 14.6. The predicted octanol–water partition coefficient (Wildman–Crippen LogP) is 2.72. The first-order valence-corrected chi connectivity index (χ1v) is 10.7. The highest BCUT2D eigenvalue weighted by molar-refractivity contribution is 5.77. The number of benzene rings is 1. The Bertz CT molecular complexity index is 931. The van der Waals surface area contributed by atoms with Crippen LogP contribution in [0.25, 0.3) is 0 Å². The van der Waals surface area contributed by atoms with Crippen molar-refractivity contribution in [2.75, 3.05) is 25.5 Å². The Hall–Kier alpha value is -2.96. The molecule has 158 valence electrons. The molecule has 1 fully saturated rings. The third-order valence-electron chi connectivity index (χ3n) is 6.11. The molecule has 0 aliphatic carbocycles. The number of carbonyl (C=O) groups excluding carboxylic acids is 2. The minimum absolute atomic E-state index is 0.0606. The Labute approximate surface area is 177 Å². The van der Waals surface area contributed by atoms with Gasteiger partial charge in [0.25, 0.3) is 0 Å². The van der Waals surface area contributed by atoms with Gasteiger partial charge >= 0.3 is 0 Å². The van der Waals surface area contributed by atoms with Gasteiger partial charge in [-0.2, -0.15) is 0 Å². The zero-order valence-electron chi connectivity index (χ0n) is 17.7. The van der Waals surface area contributed by atoms with Crippen molar-refractivity contribution < 1.29 is 9.59 Å². The first kappa shape index (κ1) is 20.3. The van der Waals surface area contributed by atoms with Gasteiger partial charge in [0.05, 0.1) is 18.3 Å². The second kappa shape index (κ2) is 8.81. The van der Waals surface area contributed by atoms with Crippen LogP contribution in [-0.2, 0) is 29.0 Å². The molecule has 30 heavy (non-hydrogen) atoms. The van der Waals surface area contributed by atoms with Crippen LogP contribution < -0.4 is 5.32 Å². The summed E-state index contributed by atoms with van der Waals surface area (Å²) in [5.41, 5.74) is 3.15. The number of rotatable bonds is 5. The summed E-state index contributed by atoms with van der Waals surface area (Å²) in [5, 5.41) is 3.20. The number of nitrogens with one attached hydrogen (secondary N) is 1. The van der Waals surface area contributed by atoms with E-state index < -0.39 is 0 Å². The molecule has 1 aromatic heterocycles. The van der Waals surface area contributed by atoms with Gasteiger partial charge in [0.2, 0.25) is 11.8 Å². The molecule has 1 aromatic carbocycles. The maximum absolute atomic E-state index is 13.0. The van der Waals surface area contributed by atoms with Gasteiger partial charge in [-0.15, -0.1) is 0 Å². The summed E-state index contributed by atoms with van der Waals surface area (Å²) in [6.45, 7) is 3.53. The molecule has 7 heteroatoms. The molecule has 0 saturated carbocycles. The van der Waals surface area contributed by atoms with Crippen LogP contribution in [0.15, 0.2) is 30.3 Å². The van der Waals surface area contributed by atoms with Gasteiger partial charge in [-0.3, -0.25) is 9.59 Å². The zero-order chi connectivity index (χ0) is 21.1. The Kier molecular flexibility index (Phi) is 5.97. The number of aromatic nitrogens is 2. The van der Waals surface area contributed by atoms with Crippen molar-refractivity contribution >= 4 is 17.6 Å². The van der Waals surface area contributed by atoms with E-state index in [9.17, 15) is 9.59 Å². The molecule has 0 radical (unpaired) electrons. The Balaban J connectivity index is 1.54. The quantitative estimate of drug-likeness (QED) is 0.825. The summed E-state index contributed by atoms with van der Waals surface area (Å²) in [6.07, 6.45) is 3.80. The van der Waals surface area contributed by atoms with E-state index in [1.54, 1.807) is 6.92 Å². The number of amides is 2. The maximum Gasteiger partial charge on any atom is 0.223 e. The summed E-state index contributed by atoms with van der Waals surface area (Å²) < 4.78 is 0. The Morgan fingerprint density at radius 1 is 1.17 bits per heavy atom. The molecule has 1 N–H and O–H groups in total. The number of nitrogens with zero attached hydrogens (tertiary/aromatic N) is 4. The minimum atomic E-state index is -0.0987. The molecule has 4 rings (SSSR count). The van der Waals surface area contributed by atoms with Crippen LogP contribution in [0.2, 0.25) is 0 Å². The normalized spacial score (nSPS) is 18.3. The SMILES string of the molecule is CNc1nc(C2CCCN2C(=O)CCc2ccccc2)nc2c1CCN(C(C)=O)C2. The number of hydrogen-bond donors (Lipinski definition) is 1. The van der Waals surface area contributed by atoms with E-state index in [1.807, 2.05) is 35.0 Å². The highest BCUT2D eigenvalue weighted by atomic mass is 16.2. The van der Waals surface area contributed by atoms with Gasteiger partial charge in [-0.05, 0) is 31.2 Å². The lowest BCUT2D eigenvalue weighted by molar-refractivity contribution is -0.132. The Morgan fingerprint density at radius 2 is 1.97 bits per heavy atom. The van der Waals surface area contributed by atoms with E-state index in [4.69, 9.17) is 9.97 Å². The molecule has 2 amide bonds. The molecule has 0 bridgehead atoms. The third kappa shape index (κ3) is 4.15. The monoisotopic (exact) mass is 407 g/mol. The van der Waals surface area contributed by atoms with Crippen LogP contribution in [0, 0.1) is 0 Å². The topological polar surface area (TPSA) is 78.4 Å². The van der Waals surface area contributed by atoms with Crippen LogP contribution in [0.3, 0.4) is 0 Å². The molecule has 1 atom stereocenters. The van der Waals surface area contributed by atoms with Gasteiger partial charge in [0.15, 0.2) is 5.82 Å². The number of hydrogen-bond acceptors (Lipinski definition) is 5. The predicted molar refractivity (Wildman–Crippen MR) is 115 cm³/mol. The number of aryl methyl sites for hydroxylation is 1. The highest BCUT2D eigenvalue weighted by Gasteiger charge is 2.33. The van der Waals surface area contributed by atoms with E-state index in [0.717, 1.165) is 49.3 Å². The van der Waals surface area contributed by atoms with Crippen molar-refractivity contribution in [3.8, 4) is 0 Å².